The average molecular weight is 441 g/mol. The maximum atomic E-state index is 12.4. The molecule has 0 saturated heterocycles. The van der Waals surface area contributed by atoms with E-state index in [1.165, 1.54) is 48.5 Å². The van der Waals surface area contributed by atoms with Gasteiger partial charge in [0, 0.05) is 24.4 Å². The number of ether oxygens (including phenoxy) is 1. The molecule has 3 rings (SSSR count). The number of amides is 1. The highest BCUT2D eigenvalue weighted by Crippen LogP contribution is 2.18. The van der Waals surface area contributed by atoms with Crippen molar-refractivity contribution in [3.63, 3.8) is 0 Å². The van der Waals surface area contributed by atoms with E-state index in [0.717, 1.165) is 5.56 Å². The SMILES string of the molecule is O=C(COc1ccc([N+](=O)[O-])cc1)Nc1ccc(S(=O)(=O)NCc2ccccc2)cc1. The third-order valence-corrected chi connectivity index (χ3v) is 5.59. The normalized spacial score (nSPS) is 11.0. The monoisotopic (exact) mass is 441 g/mol. The van der Waals surface area contributed by atoms with Gasteiger partial charge in [-0.15, -0.1) is 0 Å². The van der Waals surface area contributed by atoms with Crippen molar-refractivity contribution in [3.05, 3.63) is 94.5 Å². The highest BCUT2D eigenvalue weighted by molar-refractivity contribution is 7.89. The van der Waals surface area contributed by atoms with Crippen LogP contribution in [0.1, 0.15) is 5.56 Å². The number of sulfonamides is 1. The van der Waals surface area contributed by atoms with Crippen molar-refractivity contribution >= 4 is 27.3 Å². The van der Waals surface area contributed by atoms with Crippen LogP contribution in [-0.2, 0) is 21.4 Å². The Morgan fingerprint density at radius 1 is 0.935 bits per heavy atom. The molecule has 0 aliphatic carbocycles. The maximum Gasteiger partial charge on any atom is 0.269 e. The summed E-state index contributed by atoms with van der Waals surface area (Å²) in [5.74, 6) is -0.150. The number of hydrogen-bond acceptors (Lipinski definition) is 6. The molecule has 2 N–H and O–H groups in total. The molecule has 160 valence electrons. The van der Waals surface area contributed by atoms with Crippen molar-refractivity contribution in [2.75, 3.05) is 11.9 Å². The van der Waals surface area contributed by atoms with Crippen molar-refractivity contribution in [2.45, 2.75) is 11.4 Å². The van der Waals surface area contributed by atoms with Crippen molar-refractivity contribution in [1.82, 2.24) is 4.72 Å². The van der Waals surface area contributed by atoms with E-state index in [0.29, 0.717) is 11.4 Å². The lowest BCUT2D eigenvalue weighted by Crippen LogP contribution is -2.23. The molecule has 0 heterocycles. The standard InChI is InChI=1S/C21H19N3O6S/c25-21(15-30-19-10-8-18(9-11-19)24(26)27)23-17-6-12-20(13-7-17)31(28,29)22-14-16-4-2-1-3-5-16/h1-13,22H,14-15H2,(H,23,25). The Labute approximate surface area is 178 Å². The molecule has 0 radical (unpaired) electrons. The zero-order chi connectivity index (χ0) is 22.3. The number of carbonyl (C=O) groups is 1. The number of non-ortho nitro benzene ring substituents is 1. The first-order valence-electron chi connectivity index (χ1n) is 9.14. The summed E-state index contributed by atoms with van der Waals surface area (Å²) < 4.78 is 32.6. The summed E-state index contributed by atoms with van der Waals surface area (Å²) in [6.45, 7) is -0.141. The molecule has 31 heavy (non-hydrogen) atoms. The van der Waals surface area contributed by atoms with Gasteiger partial charge in [-0.05, 0) is 42.0 Å². The fraction of sp³-hybridized carbons (Fsp3) is 0.0952. The summed E-state index contributed by atoms with van der Waals surface area (Å²) in [6, 6.07) is 20.2. The van der Waals surface area contributed by atoms with Gasteiger partial charge >= 0.3 is 0 Å². The second kappa shape index (κ2) is 9.83. The number of anilines is 1. The lowest BCUT2D eigenvalue weighted by Gasteiger charge is -2.09. The fourth-order valence-corrected chi connectivity index (χ4v) is 3.60. The van der Waals surface area contributed by atoms with Crippen LogP contribution >= 0.6 is 0 Å². The maximum absolute atomic E-state index is 12.4. The minimum atomic E-state index is -3.69. The van der Waals surface area contributed by atoms with E-state index in [-0.39, 0.29) is 23.7 Å². The molecule has 3 aromatic carbocycles. The predicted octanol–water partition coefficient (Wildman–Crippen LogP) is 3.09. The molecular formula is C21H19N3O6S. The van der Waals surface area contributed by atoms with Crippen molar-refractivity contribution < 1.29 is 22.9 Å². The van der Waals surface area contributed by atoms with E-state index in [2.05, 4.69) is 10.0 Å². The van der Waals surface area contributed by atoms with Crippen LogP contribution in [0.4, 0.5) is 11.4 Å². The van der Waals surface area contributed by atoms with Crippen molar-refractivity contribution in [3.8, 4) is 5.75 Å². The van der Waals surface area contributed by atoms with Crippen LogP contribution < -0.4 is 14.8 Å². The average Bonchev–Trinajstić information content (AvgIpc) is 2.78. The molecule has 0 aliphatic rings. The third kappa shape index (κ3) is 6.36. The second-order valence-corrected chi connectivity index (χ2v) is 8.19. The molecule has 1 amide bonds. The van der Waals surface area contributed by atoms with Crippen LogP contribution in [0.5, 0.6) is 5.75 Å². The van der Waals surface area contributed by atoms with Gasteiger partial charge in [-0.25, -0.2) is 13.1 Å². The Kier molecular flexibility index (Phi) is 6.96. The largest absolute Gasteiger partial charge is 0.484 e. The summed E-state index contributed by atoms with van der Waals surface area (Å²) in [5, 5.41) is 13.2. The van der Waals surface area contributed by atoms with Gasteiger partial charge in [-0.2, -0.15) is 0 Å². The number of hydrogen-bond donors (Lipinski definition) is 2. The summed E-state index contributed by atoms with van der Waals surface area (Å²) >= 11 is 0. The Bertz CT molecular complexity index is 1150. The molecule has 10 heteroatoms. The van der Waals surface area contributed by atoms with E-state index in [4.69, 9.17) is 4.74 Å². The van der Waals surface area contributed by atoms with E-state index in [1.807, 2.05) is 30.3 Å². The van der Waals surface area contributed by atoms with E-state index in [9.17, 15) is 23.3 Å². The van der Waals surface area contributed by atoms with Gasteiger partial charge in [-0.3, -0.25) is 14.9 Å². The Balaban J connectivity index is 1.52. The number of nitro benzene ring substituents is 1. The zero-order valence-corrected chi connectivity index (χ0v) is 17.0. The molecule has 9 nitrogen and oxygen atoms in total. The Morgan fingerprint density at radius 3 is 2.19 bits per heavy atom. The number of nitrogens with one attached hydrogen (secondary N) is 2. The first-order chi connectivity index (χ1) is 14.8. The van der Waals surface area contributed by atoms with Crippen LogP contribution in [-0.4, -0.2) is 25.9 Å². The first-order valence-corrected chi connectivity index (χ1v) is 10.6. The highest BCUT2D eigenvalue weighted by Gasteiger charge is 2.14. The molecular weight excluding hydrogens is 422 g/mol. The number of rotatable bonds is 9. The molecule has 0 saturated carbocycles. The van der Waals surface area contributed by atoms with Gasteiger partial charge in [0.2, 0.25) is 10.0 Å². The number of carbonyl (C=O) groups excluding carboxylic acids is 1. The smallest absolute Gasteiger partial charge is 0.269 e. The quantitative estimate of drug-likeness (QED) is 0.388. The van der Waals surface area contributed by atoms with E-state index < -0.39 is 20.9 Å². The molecule has 0 spiro atoms. The van der Waals surface area contributed by atoms with Gasteiger partial charge < -0.3 is 10.1 Å². The highest BCUT2D eigenvalue weighted by atomic mass is 32.2. The molecule has 0 aliphatic heterocycles. The lowest BCUT2D eigenvalue weighted by molar-refractivity contribution is -0.384. The van der Waals surface area contributed by atoms with Crippen LogP contribution in [0.25, 0.3) is 0 Å². The molecule has 0 aromatic heterocycles. The van der Waals surface area contributed by atoms with Gasteiger partial charge in [-0.1, -0.05) is 30.3 Å². The van der Waals surface area contributed by atoms with Crippen molar-refractivity contribution in [1.29, 1.82) is 0 Å². The Hall–Kier alpha value is -3.76. The fourth-order valence-electron chi connectivity index (χ4n) is 2.58. The predicted molar refractivity (Wildman–Crippen MR) is 114 cm³/mol. The molecule has 0 atom stereocenters. The molecule has 0 unspecified atom stereocenters. The number of benzene rings is 3. The molecule has 0 fully saturated rings. The first kappa shape index (κ1) is 21.9. The van der Waals surface area contributed by atoms with Gasteiger partial charge in [0.05, 0.1) is 9.82 Å². The van der Waals surface area contributed by atoms with Gasteiger partial charge in [0.25, 0.3) is 11.6 Å². The lowest BCUT2D eigenvalue weighted by atomic mass is 10.2. The topological polar surface area (TPSA) is 128 Å². The third-order valence-electron chi connectivity index (χ3n) is 4.17. The number of nitrogens with zero attached hydrogens (tertiary/aromatic N) is 1. The molecule has 0 bridgehead atoms. The minimum absolute atomic E-state index is 0.0727. The van der Waals surface area contributed by atoms with Crippen molar-refractivity contribution in [2.24, 2.45) is 0 Å². The minimum Gasteiger partial charge on any atom is -0.484 e. The summed E-state index contributed by atoms with van der Waals surface area (Å²) in [6.07, 6.45) is 0. The summed E-state index contributed by atoms with van der Waals surface area (Å²) in [4.78, 5) is 22.2. The molecule has 3 aromatic rings. The Morgan fingerprint density at radius 2 is 1.58 bits per heavy atom. The van der Waals surface area contributed by atoms with Gasteiger partial charge in [0.1, 0.15) is 5.75 Å². The van der Waals surface area contributed by atoms with Crippen LogP contribution in [0.15, 0.2) is 83.8 Å². The van der Waals surface area contributed by atoms with E-state index in [1.54, 1.807) is 0 Å². The van der Waals surface area contributed by atoms with Crippen LogP contribution in [0.2, 0.25) is 0 Å². The summed E-state index contributed by atoms with van der Waals surface area (Å²) in [5.41, 5.74) is 1.16. The van der Waals surface area contributed by atoms with Gasteiger partial charge in [0.15, 0.2) is 6.61 Å². The zero-order valence-electron chi connectivity index (χ0n) is 16.2. The number of nitro groups is 1. The van der Waals surface area contributed by atoms with Crippen LogP contribution in [0, 0.1) is 10.1 Å². The second-order valence-electron chi connectivity index (χ2n) is 6.42. The summed E-state index contributed by atoms with van der Waals surface area (Å²) in [7, 11) is -3.69. The van der Waals surface area contributed by atoms with Crippen LogP contribution in [0.3, 0.4) is 0 Å². The van der Waals surface area contributed by atoms with E-state index >= 15 is 0 Å².